The molecule has 1 aliphatic heterocycles. The second-order valence-corrected chi connectivity index (χ2v) is 7.90. The van der Waals surface area contributed by atoms with E-state index >= 15 is 0 Å². The Bertz CT molecular complexity index is 1140. The zero-order valence-corrected chi connectivity index (χ0v) is 18.8. The van der Waals surface area contributed by atoms with E-state index in [0.29, 0.717) is 10.8 Å². The Morgan fingerprint density at radius 3 is 2.50 bits per heavy atom. The molecule has 0 aliphatic carbocycles. The van der Waals surface area contributed by atoms with Crippen LogP contribution in [0.4, 0.5) is 0 Å². The highest BCUT2D eigenvalue weighted by atomic mass is 35.5. The molecule has 1 aliphatic rings. The van der Waals surface area contributed by atoms with E-state index in [-0.39, 0.29) is 18.9 Å². The predicted octanol–water partition coefficient (Wildman–Crippen LogP) is 4.32. The number of hydrogen-bond donors (Lipinski definition) is 1. The number of carbonyl (C=O) groups is 1. The third-order valence-corrected chi connectivity index (χ3v) is 5.67. The smallest absolute Gasteiger partial charge is 0.222 e. The molecule has 0 saturated heterocycles. The van der Waals surface area contributed by atoms with Gasteiger partial charge in [-0.3, -0.25) is 9.79 Å². The first-order valence-electron chi connectivity index (χ1n) is 10.2. The predicted molar refractivity (Wildman–Crippen MR) is 122 cm³/mol. The summed E-state index contributed by atoms with van der Waals surface area (Å²) in [5, 5.41) is 7.65. The van der Waals surface area contributed by atoms with Crippen molar-refractivity contribution in [2.45, 2.75) is 25.7 Å². The van der Waals surface area contributed by atoms with Gasteiger partial charge in [-0.1, -0.05) is 53.2 Å². The topological polar surface area (TPSA) is 86.0 Å². The van der Waals surface area contributed by atoms with Gasteiger partial charge in [0.05, 0.1) is 29.9 Å². The van der Waals surface area contributed by atoms with Gasteiger partial charge in [0.2, 0.25) is 5.91 Å². The van der Waals surface area contributed by atoms with Crippen LogP contribution in [0.1, 0.15) is 35.0 Å². The molecule has 0 unspecified atom stereocenters. The van der Waals surface area contributed by atoms with E-state index in [0.717, 1.165) is 33.7 Å². The van der Waals surface area contributed by atoms with Crippen LogP contribution < -0.4 is 5.32 Å². The summed E-state index contributed by atoms with van der Waals surface area (Å²) in [7, 11) is 3.05. The average molecular weight is 454 g/mol. The van der Waals surface area contributed by atoms with Gasteiger partial charge in [0.25, 0.3) is 0 Å². The van der Waals surface area contributed by atoms with E-state index in [1.54, 1.807) is 0 Å². The molecule has 2 heterocycles. The molecule has 2 aromatic carbocycles. The summed E-state index contributed by atoms with van der Waals surface area (Å²) in [5.74, 6) is 0.378. The number of halogens is 1. The first-order valence-corrected chi connectivity index (χ1v) is 10.6. The van der Waals surface area contributed by atoms with Gasteiger partial charge in [-0.25, -0.2) is 0 Å². The second-order valence-electron chi connectivity index (χ2n) is 7.46. The molecule has 8 heteroatoms. The molecule has 1 amide bonds. The van der Waals surface area contributed by atoms with Crippen molar-refractivity contribution in [1.29, 1.82) is 0 Å². The quantitative estimate of drug-likeness (QED) is 0.538. The van der Waals surface area contributed by atoms with Crippen molar-refractivity contribution in [2.24, 2.45) is 4.99 Å². The minimum absolute atomic E-state index is 0.0901. The van der Waals surface area contributed by atoms with E-state index in [9.17, 15) is 4.79 Å². The Kier molecular flexibility index (Phi) is 6.69. The van der Waals surface area contributed by atoms with Gasteiger partial charge in [-0.05, 0) is 24.6 Å². The number of methoxy groups -OCH3 is 2. The van der Waals surface area contributed by atoms with Crippen molar-refractivity contribution in [3.8, 4) is 11.1 Å². The number of benzene rings is 2. The van der Waals surface area contributed by atoms with E-state index in [1.807, 2.05) is 55.5 Å². The maximum Gasteiger partial charge on any atom is 0.222 e. The summed E-state index contributed by atoms with van der Waals surface area (Å²) in [5.41, 5.74) is 5.22. The lowest BCUT2D eigenvalue weighted by molar-refractivity contribution is -0.127. The number of nitrogens with zero attached hydrogens (tertiary/aromatic N) is 2. The molecule has 7 nitrogen and oxygen atoms in total. The fraction of sp³-hybridized carbons (Fsp3) is 0.292. The monoisotopic (exact) mass is 453 g/mol. The lowest BCUT2D eigenvalue weighted by atomic mass is 9.93. The molecular formula is C24H24ClN3O4. The largest absolute Gasteiger partial charge is 0.358 e. The van der Waals surface area contributed by atoms with Crippen molar-refractivity contribution in [3.05, 3.63) is 76.1 Å². The number of aromatic nitrogens is 1. The number of aryl methyl sites for hydroxylation is 1. The molecule has 0 radical (unpaired) electrons. The van der Waals surface area contributed by atoms with Crippen LogP contribution in [0.3, 0.4) is 0 Å². The van der Waals surface area contributed by atoms with Crippen molar-refractivity contribution in [2.75, 3.05) is 20.8 Å². The molecule has 0 saturated carbocycles. The third-order valence-electron chi connectivity index (χ3n) is 5.42. The lowest BCUT2D eigenvalue weighted by Gasteiger charge is -2.15. The number of ether oxygens (including phenoxy) is 2. The van der Waals surface area contributed by atoms with Crippen LogP contribution in [-0.2, 0) is 14.3 Å². The zero-order valence-electron chi connectivity index (χ0n) is 18.1. The van der Waals surface area contributed by atoms with Gasteiger partial charge < -0.3 is 19.3 Å². The number of fused-ring (bicyclic) bond motifs is 3. The Morgan fingerprint density at radius 2 is 1.81 bits per heavy atom. The SMILES string of the molecule is COC(CNC(=O)C[C@@H]1N=C(c2ccc(Cl)cc2)c2ccccc2-c2c(C)noc21)OC. The number of aliphatic imine (C=N–C) groups is 1. The van der Waals surface area contributed by atoms with Gasteiger partial charge in [-0.2, -0.15) is 0 Å². The summed E-state index contributed by atoms with van der Waals surface area (Å²) < 4.78 is 16.0. The molecular weight excluding hydrogens is 430 g/mol. The number of amides is 1. The molecule has 32 heavy (non-hydrogen) atoms. The van der Waals surface area contributed by atoms with E-state index in [2.05, 4.69) is 10.5 Å². The molecule has 166 valence electrons. The molecule has 1 aromatic heterocycles. The van der Waals surface area contributed by atoms with Crippen molar-refractivity contribution >= 4 is 23.2 Å². The number of rotatable bonds is 7. The summed E-state index contributed by atoms with van der Waals surface area (Å²) >= 11 is 6.10. The highest BCUT2D eigenvalue weighted by Crippen LogP contribution is 2.40. The highest BCUT2D eigenvalue weighted by molar-refractivity contribution is 6.30. The molecule has 0 spiro atoms. The Labute approximate surface area is 191 Å². The van der Waals surface area contributed by atoms with Crippen LogP contribution in [-0.4, -0.2) is 43.8 Å². The van der Waals surface area contributed by atoms with E-state index in [1.165, 1.54) is 14.2 Å². The Morgan fingerprint density at radius 1 is 1.12 bits per heavy atom. The van der Waals surface area contributed by atoms with E-state index in [4.69, 9.17) is 30.6 Å². The minimum Gasteiger partial charge on any atom is -0.358 e. The normalized spacial score (nSPS) is 15.0. The molecule has 1 atom stereocenters. The van der Waals surface area contributed by atoms with Gasteiger partial charge in [-0.15, -0.1) is 0 Å². The third kappa shape index (κ3) is 4.46. The molecule has 0 bridgehead atoms. The number of carbonyl (C=O) groups excluding carboxylic acids is 1. The zero-order chi connectivity index (χ0) is 22.7. The lowest BCUT2D eigenvalue weighted by Crippen LogP contribution is -2.34. The van der Waals surface area contributed by atoms with Gasteiger partial charge in [0.15, 0.2) is 12.1 Å². The first-order chi connectivity index (χ1) is 15.5. The molecule has 0 fully saturated rings. The highest BCUT2D eigenvalue weighted by Gasteiger charge is 2.31. The van der Waals surface area contributed by atoms with Crippen LogP contribution in [0.15, 0.2) is 58.0 Å². The van der Waals surface area contributed by atoms with Crippen LogP contribution >= 0.6 is 11.6 Å². The standard InChI is InChI=1S/C24H24ClN3O4/c1-14-22-17-6-4-5-7-18(17)23(15-8-10-16(25)11-9-15)27-19(24(22)32-28-14)12-20(29)26-13-21(30-2)31-3/h4-11,19,21H,12-13H2,1-3H3,(H,26,29)/t19-/m0/s1. The first kappa shape index (κ1) is 22.2. The van der Waals surface area contributed by atoms with Crippen LogP contribution in [0.25, 0.3) is 11.1 Å². The second kappa shape index (κ2) is 9.65. The maximum atomic E-state index is 12.8. The summed E-state index contributed by atoms with van der Waals surface area (Å²) in [6.07, 6.45) is -0.430. The molecule has 1 N–H and O–H groups in total. The van der Waals surface area contributed by atoms with Gasteiger partial charge in [0, 0.05) is 30.4 Å². The van der Waals surface area contributed by atoms with E-state index < -0.39 is 12.3 Å². The van der Waals surface area contributed by atoms with Crippen molar-refractivity contribution in [3.63, 3.8) is 0 Å². The summed E-state index contributed by atoms with van der Waals surface area (Å²) in [4.78, 5) is 17.8. The fourth-order valence-corrected chi connectivity index (χ4v) is 3.94. The van der Waals surface area contributed by atoms with Gasteiger partial charge >= 0.3 is 0 Å². The summed E-state index contributed by atoms with van der Waals surface area (Å²) in [6.45, 7) is 2.13. The number of hydrogen-bond acceptors (Lipinski definition) is 6. The Balaban J connectivity index is 1.75. The maximum absolute atomic E-state index is 12.8. The summed E-state index contributed by atoms with van der Waals surface area (Å²) in [6, 6.07) is 14.9. The van der Waals surface area contributed by atoms with Crippen LogP contribution in [0.2, 0.25) is 5.02 Å². The Hall–Kier alpha value is -3.00. The fourth-order valence-electron chi connectivity index (χ4n) is 3.82. The molecule has 3 aromatic rings. The minimum atomic E-state index is -0.548. The van der Waals surface area contributed by atoms with Crippen molar-refractivity contribution in [1.82, 2.24) is 10.5 Å². The van der Waals surface area contributed by atoms with Crippen LogP contribution in [0.5, 0.6) is 0 Å². The van der Waals surface area contributed by atoms with Crippen LogP contribution in [0, 0.1) is 6.92 Å². The average Bonchev–Trinajstić information content (AvgIpc) is 3.12. The number of nitrogens with one attached hydrogen (secondary N) is 1. The van der Waals surface area contributed by atoms with Gasteiger partial charge in [0.1, 0.15) is 6.04 Å². The molecule has 4 rings (SSSR count). The van der Waals surface area contributed by atoms with Crippen molar-refractivity contribution < 1.29 is 18.8 Å².